The first-order chi connectivity index (χ1) is 9.08. The highest BCUT2D eigenvalue weighted by molar-refractivity contribution is 7.80. The van der Waals surface area contributed by atoms with Gasteiger partial charge in [-0.15, -0.1) is 0 Å². The average molecular weight is 273 g/mol. The second-order valence-corrected chi connectivity index (χ2v) is 4.94. The fraction of sp³-hybridized carbons (Fsp3) is 0.214. The van der Waals surface area contributed by atoms with E-state index in [1.54, 1.807) is 12.3 Å². The smallest absolute Gasteiger partial charge is 0.252 e. The van der Waals surface area contributed by atoms with Gasteiger partial charge in [0.05, 0.1) is 16.1 Å². The predicted molar refractivity (Wildman–Crippen MR) is 80.1 cm³/mol. The molecule has 19 heavy (non-hydrogen) atoms. The summed E-state index contributed by atoms with van der Waals surface area (Å²) in [6.45, 7) is 1.88. The van der Waals surface area contributed by atoms with E-state index in [1.807, 2.05) is 31.2 Å². The van der Waals surface area contributed by atoms with Crippen LogP contribution in [-0.2, 0) is 0 Å². The summed E-state index contributed by atoms with van der Waals surface area (Å²) < 4.78 is 0. The third kappa shape index (κ3) is 3.26. The second-order valence-electron chi connectivity index (χ2n) is 4.42. The number of carbonyl (C=O) groups excluding carboxylic acids is 1. The van der Waals surface area contributed by atoms with Crippen LogP contribution in [0.25, 0.3) is 10.9 Å². The van der Waals surface area contributed by atoms with Gasteiger partial charge in [0.1, 0.15) is 0 Å². The van der Waals surface area contributed by atoms with Gasteiger partial charge in [-0.1, -0.05) is 30.4 Å². The molecular formula is C14H15N3OS. The molecule has 2 aromatic rings. The average Bonchev–Trinajstić information content (AvgIpc) is 2.36. The van der Waals surface area contributed by atoms with E-state index in [1.165, 1.54) is 0 Å². The molecule has 4 nitrogen and oxygen atoms in total. The summed E-state index contributed by atoms with van der Waals surface area (Å²) in [5.74, 6) is -0.137. The van der Waals surface area contributed by atoms with E-state index < -0.39 is 0 Å². The van der Waals surface area contributed by atoms with Crippen LogP contribution in [0.4, 0.5) is 0 Å². The molecule has 0 spiro atoms. The Hall–Kier alpha value is -2.01. The molecule has 98 valence electrons. The first-order valence-corrected chi connectivity index (χ1v) is 6.41. The molecule has 0 aliphatic rings. The number of nitrogens with two attached hydrogens (primary N) is 1. The van der Waals surface area contributed by atoms with Gasteiger partial charge in [0.2, 0.25) is 0 Å². The van der Waals surface area contributed by atoms with Crippen LogP contribution in [0, 0.1) is 0 Å². The van der Waals surface area contributed by atoms with E-state index in [9.17, 15) is 4.79 Å². The van der Waals surface area contributed by atoms with E-state index in [4.69, 9.17) is 18.0 Å². The number of amides is 1. The Labute approximate surface area is 117 Å². The standard InChI is InChI=1S/C14H15N3OS/c1-9(8-13(15)19)17-14(18)11-6-7-16-12-5-3-2-4-10(11)12/h2-7,9H,8H2,1H3,(H2,15,19)(H,17,18). The number of nitrogens with zero attached hydrogens (tertiary/aromatic N) is 1. The summed E-state index contributed by atoms with van der Waals surface area (Å²) in [7, 11) is 0. The molecule has 1 atom stereocenters. The molecule has 1 unspecified atom stereocenters. The van der Waals surface area contributed by atoms with Crippen molar-refractivity contribution in [1.82, 2.24) is 10.3 Å². The van der Waals surface area contributed by atoms with Crippen LogP contribution >= 0.6 is 12.2 Å². The first-order valence-electron chi connectivity index (χ1n) is 6.01. The Morgan fingerprint density at radius 3 is 2.89 bits per heavy atom. The SMILES string of the molecule is CC(CC(N)=S)NC(=O)c1ccnc2ccccc12. The molecule has 0 bridgehead atoms. The number of carbonyl (C=O) groups is 1. The van der Waals surface area contributed by atoms with E-state index in [2.05, 4.69) is 10.3 Å². The van der Waals surface area contributed by atoms with Crippen LogP contribution in [0.2, 0.25) is 0 Å². The number of aromatic nitrogens is 1. The van der Waals surface area contributed by atoms with Crippen molar-refractivity contribution in [1.29, 1.82) is 0 Å². The minimum absolute atomic E-state index is 0.0862. The summed E-state index contributed by atoms with van der Waals surface area (Å²) in [6, 6.07) is 9.17. The lowest BCUT2D eigenvalue weighted by Gasteiger charge is -2.13. The zero-order valence-corrected chi connectivity index (χ0v) is 11.4. The number of fused-ring (bicyclic) bond motifs is 1. The number of benzene rings is 1. The second kappa shape index (κ2) is 5.75. The van der Waals surface area contributed by atoms with Crippen LogP contribution in [-0.4, -0.2) is 21.9 Å². The fourth-order valence-corrected chi connectivity index (χ4v) is 2.20. The van der Waals surface area contributed by atoms with E-state index in [-0.39, 0.29) is 11.9 Å². The van der Waals surface area contributed by atoms with Gasteiger partial charge in [0.15, 0.2) is 0 Å². The minimum atomic E-state index is -0.137. The van der Waals surface area contributed by atoms with Crippen LogP contribution in [0.5, 0.6) is 0 Å². The van der Waals surface area contributed by atoms with Crippen molar-refractivity contribution in [3.8, 4) is 0 Å². The maximum Gasteiger partial charge on any atom is 0.252 e. The van der Waals surface area contributed by atoms with Gasteiger partial charge in [-0.25, -0.2) is 0 Å². The van der Waals surface area contributed by atoms with Crippen molar-refractivity contribution in [2.24, 2.45) is 5.73 Å². The van der Waals surface area contributed by atoms with Gasteiger partial charge in [-0.05, 0) is 19.1 Å². The van der Waals surface area contributed by atoms with Gasteiger partial charge < -0.3 is 11.1 Å². The van der Waals surface area contributed by atoms with E-state index >= 15 is 0 Å². The topological polar surface area (TPSA) is 68.0 Å². The molecule has 0 saturated carbocycles. The van der Waals surface area contributed by atoms with Crippen molar-refractivity contribution < 1.29 is 4.79 Å². The van der Waals surface area contributed by atoms with Gasteiger partial charge >= 0.3 is 0 Å². The number of para-hydroxylation sites is 1. The molecule has 0 saturated heterocycles. The number of nitrogens with one attached hydrogen (secondary N) is 1. The molecule has 2 rings (SSSR count). The van der Waals surface area contributed by atoms with Crippen LogP contribution < -0.4 is 11.1 Å². The Balaban J connectivity index is 2.24. The molecule has 1 aromatic carbocycles. The largest absolute Gasteiger partial charge is 0.393 e. The Kier molecular flexibility index (Phi) is 4.06. The van der Waals surface area contributed by atoms with Gasteiger partial charge in [0.25, 0.3) is 5.91 Å². The van der Waals surface area contributed by atoms with Gasteiger partial charge in [-0.2, -0.15) is 0 Å². The number of pyridine rings is 1. The molecule has 5 heteroatoms. The van der Waals surface area contributed by atoms with Crippen molar-refractivity contribution >= 4 is 34.0 Å². The highest BCUT2D eigenvalue weighted by Crippen LogP contribution is 2.16. The lowest BCUT2D eigenvalue weighted by Crippen LogP contribution is -2.35. The molecule has 3 N–H and O–H groups in total. The molecule has 0 radical (unpaired) electrons. The normalized spacial score (nSPS) is 12.1. The zero-order valence-electron chi connectivity index (χ0n) is 10.6. The van der Waals surface area contributed by atoms with Crippen molar-refractivity contribution in [2.45, 2.75) is 19.4 Å². The summed E-state index contributed by atoms with van der Waals surface area (Å²) in [5.41, 5.74) is 6.88. The van der Waals surface area contributed by atoms with E-state index in [0.717, 1.165) is 10.9 Å². The van der Waals surface area contributed by atoms with Crippen LogP contribution in [0.15, 0.2) is 36.5 Å². The number of hydrogen-bond acceptors (Lipinski definition) is 3. The molecular weight excluding hydrogens is 258 g/mol. The highest BCUT2D eigenvalue weighted by Gasteiger charge is 2.13. The molecule has 0 fully saturated rings. The van der Waals surface area contributed by atoms with Gasteiger partial charge in [0, 0.05) is 24.0 Å². The fourth-order valence-electron chi connectivity index (χ4n) is 1.95. The molecule has 1 aromatic heterocycles. The summed E-state index contributed by atoms with van der Waals surface area (Å²) in [4.78, 5) is 16.9. The van der Waals surface area contributed by atoms with Crippen LogP contribution in [0.3, 0.4) is 0 Å². The maximum atomic E-state index is 12.2. The van der Waals surface area contributed by atoms with Gasteiger partial charge in [-0.3, -0.25) is 9.78 Å². The molecule has 1 amide bonds. The summed E-state index contributed by atoms with van der Waals surface area (Å²) in [6.07, 6.45) is 2.12. The third-order valence-electron chi connectivity index (χ3n) is 2.78. The Bertz CT molecular complexity index is 622. The Morgan fingerprint density at radius 1 is 1.42 bits per heavy atom. The number of hydrogen-bond donors (Lipinski definition) is 2. The summed E-state index contributed by atoms with van der Waals surface area (Å²) >= 11 is 4.83. The third-order valence-corrected chi connectivity index (χ3v) is 2.95. The summed E-state index contributed by atoms with van der Waals surface area (Å²) in [5, 5.41) is 3.72. The quantitative estimate of drug-likeness (QED) is 0.836. The first kappa shape index (κ1) is 13.4. The lowest BCUT2D eigenvalue weighted by atomic mass is 10.1. The van der Waals surface area contributed by atoms with Crippen molar-refractivity contribution in [2.75, 3.05) is 0 Å². The monoisotopic (exact) mass is 273 g/mol. The lowest BCUT2D eigenvalue weighted by molar-refractivity contribution is 0.0943. The molecule has 1 heterocycles. The molecule has 0 aliphatic carbocycles. The Morgan fingerprint density at radius 2 is 2.16 bits per heavy atom. The van der Waals surface area contributed by atoms with Crippen molar-refractivity contribution in [3.63, 3.8) is 0 Å². The highest BCUT2D eigenvalue weighted by atomic mass is 32.1. The minimum Gasteiger partial charge on any atom is -0.393 e. The maximum absolute atomic E-state index is 12.2. The number of rotatable bonds is 4. The molecule has 0 aliphatic heterocycles. The zero-order chi connectivity index (χ0) is 13.8. The predicted octanol–water partition coefficient (Wildman–Crippen LogP) is 2.03. The van der Waals surface area contributed by atoms with Crippen LogP contribution in [0.1, 0.15) is 23.7 Å². The van der Waals surface area contributed by atoms with E-state index in [0.29, 0.717) is 17.0 Å². The van der Waals surface area contributed by atoms with Crippen molar-refractivity contribution in [3.05, 3.63) is 42.1 Å². The number of thiocarbonyl (C=S) groups is 1.